The minimum Gasteiger partial charge on any atom is -0.354 e. The van der Waals surface area contributed by atoms with E-state index in [0.717, 1.165) is 30.3 Å². The van der Waals surface area contributed by atoms with Crippen LogP contribution in [0.4, 0.5) is 5.82 Å². The van der Waals surface area contributed by atoms with Crippen molar-refractivity contribution in [2.24, 2.45) is 0 Å². The predicted molar refractivity (Wildman–Crippen MR) is 58.0 cm³/mol. The third-order valence-corrected chi connectivity index (χ3v) is 2.82. The average Bonchev–Trinajstić information content (AvgIpc) is 2.23. The van der Waals surface area contributed by atoms with Crippen LogP contribution in [0.3, 0.4) is 0 Å². The molecule has 2 heterocycles. The van der Waals surface area contributed by atoms with E-state index < -0.39 is 0 Å². The highest BCUT2D eigenvalue weighted by Gasteiger charge is 2.17. The number of carbonyl (C=O) groups is 1. The highest BCUT2D eigenvalue weighted by Crippen LogP contribution is 2.16. The number of rotatable bonds is 1. The van der Waals surface area contributed by atoms with Crippen molar-refractivity contribution in [3.05, 3.63) is 17.6 Å². The van der Waals surface area contributed by atoms with Gasteiger partial charge in [-0.2, -0.15) is 0 Å². The van der Waals surface area contributed by atoms with Crippen LogP contribution in [0.5, 0.6) is 0 Å². The van der Waals surface area contributed by atoms with Crippen LogP contribution in [-0.4, -0.2) is 28.8 Å². The van der Waals surface area contributed by atoms with E-state index in [4.69, 9.17) is 0 Å². The van der Waals surface area contributed by atoms with E-state index in [0.29, 0.717) is 18.6 Å². The lowest BCUT2D eigenvalue weighted by Crippen LogP contribution is -2.34. The summed E-state index contributed by atoms with van der Waals surface area (Å²) < 4.78 is 0. The number of hydrogen-bond acceptors (Lipinski definition) is 4. The smallest absolute Gasteiger partial charge is 0.147 e. The fourth-order valence-corrected chi connectivity index (χ4v) is 1.67. The molecule has 1 aromatic rings. The summed E-state index contributed by atoms with van der Waals surface area (Å²) in [6, 6.07) is 0. The molecule has 15 heavy (non-hydrogen) atoms. The molecule has 1 aromatic heterocycles. The number of Topliss-reactive ketones (excluding diaryl/α,β-unsaturated/α-hetero) is 1. The molecule has 0 spiro atoms. The molecule has 0 amide bonds. The zero-order chi connectivity index (χ0) is 10.8. The number of carbonyl (C=O) groups excluding carboxylic acids is 1. The molecule has 0 bridgehead atoms. The van der Waals surface area contributed by atoms with Gasteiger partial charge in [0.05, 0.1) is 17.6 Å². The SMILES string of the molecule is Cc1ncc(N2CCC(=O)CC2)nc1C. The summed E-state index contributed by atoms with van der Waals surface area (Å²) >= 11 is 0. The summed E-state index contributed by atoms with van der Waals surface area (Å²) in [7, 11) is 0. The first kappa shape index (κ1) is 10.1. The second-order valence-corrected chi connectivity index (χ2v) is 3.92. The summed E-state index contributed by atoms with van der Waals surface area (Å²) in [6.07, 6.45) is 3.06. The number of piperidine rings is 1. The quantitative estimate of drug-likeness (QED) is 0.692. The molecule has 0 radical (unpaired) electrons. The van der Waals surface area contributed by atoms with E-state index in [1.54, 1.807) is 6.20 Å². The summed E-state index contributed by atoms with van der Waals surface area (Å²) in [5.74, 6) is 1.24. The van der Waals surface area contributed by atoms with Crippen molar-refractivity contribution >= 4 is 11.6 Å². The third-order valence-electron chi connectivity index (χ3n) is 2.82. The Morgan fingerprint density at radius 1 is 1.20 bits per heavy atom. The summed E-state index contributed by atoms with van der Waals surface area (Å²) in [5, 5.41) is 0. The zero-order valence-electron chi connectivity index (χ0n) is 9.16. The van der Waals surface area contributed by atoms with Crippen LogP contribution < -0.4 is 4.90 Å². The molecule has 1 saturated heterocycles. The number of anilines is 1. The Kier molecular flexibility index (Phi) is 2.66. The molecule has 0 N–H and O–H groups in total. The normalized spacial score (nSPS) is 16.9. The Hall–Kier alpha value is -1.45. The summed E-state index contributed by atoms with van der Waals surface area (Å²) in [4.78, 5) is 22.0. The second kappa shape index (κ2) is 3.96. The van der Waals surface area contributed by atoms with Gasteiger partial charge < -0.3 is 4.90 Å². The van der Waals surface area contributed by atoms with Gasteiger partial charge in [-0.15, -0.1) is 0 Å². The molecule has 1 fully saturated rings. The molecule has 1 aliphatic heterocycles. The van der Waals surface area contributed by atoms with E-state index in [1.165, 1.54) is 0 Å². The summed E-state index contributed by atoms with van der Waals surface area (Å²) in [6.45, 7) is 5.46. The van der Waals surface area contributed by atoms with Gasteiger partial charge in [0.2, 0.25) is 0 Å². The Balaban J connectivity index is 2.16. The van der Waals surface area contributed by atoms with Crippen molar-refractivity contribution in [2.45, 2.75) is 26.7 Å². The Labute approximate surface area is 89.3 Å². The lowest BCUT2D eigenvalue weighted by Gasteiger charge is -2.27. The Morgan fingerprint density at radius 2 is 1.87 bits per heavy atom. The fraction of sp³-hybridized carbons (Fsp3) is 0.545. The van der Waals surface area contributed by atoms with Gasteiger partial charge in [-0.25, -0.2) is 4.98 Å². The van der Waals surface area contributed by atoms with Crippen LogP contribution in [0.15, 0.2) is 6.20 Å². The lowest BCUT2D eigenvalue weighted by atomic mass is 10.1. The standard InChI is InChI=1S/C11H15N3O/c1-8-9(2)13-11(7-12-8)14-5-3-10(15)4-6-14/h7H,3-6H2,1-2H3. The maximum absolute atomic E-state index is 11.1. The second-order valence-electron chi connectivity index (χ2n) is 3.92. The molecule has 0 unspecified atom stereocenters. The number of ketones is 1. The first-order valence-corrected chi connectivity index (χ1v) is 5.23. The van der Waals surface area contributed by atoms with Crippen LogP contribution in [0.1, 0.15) is 24.2 Å². The molecule has 1 aliphatic rings. The maximum atomic E-state index is 11.1. The lowest BCUT2D eigenvalue weighted by molar-refractivity contribution is -0.119. The van der Waals surface area contributed by atoms with E-state index in [2.05, 4.69) is 14.9 Å². The first-order chi connectivity index (χ1) is 7.16. The molecule has 80 valence electrons. The van der Waals surface area contributed by atoms with Crippen molar-refractivity contribution in [1.82, 2.24) is 9.97 Å². The van der Waals surface area contributed by atoms with Crippen LogP contribution in [0.25, 0.3) is 0 Å². The number of aromatic nitrogens is 2. The Morgan fingerprint density at radius 3 is 2.47 bits per heavy atom. The summed E-state index contributed by atoms with van der Waals surface area (Å²) in [5.41, 5.74) is 1.93. The van der Waals surface area contributed by atoms with Crippen molar-refractivity contribution in [3.63, 3.8) is 0 Å². The molecule has 0 aromatic carbocycles. The molecule has 4 nitrogen and oxygen atoms in total. The first-order valence-electron chi connectivity index (χ1n) is 5.23. The van der Waals surface area contributed by atoms with Gasteiger partial charge in [0.15, 0.2) is 0 Å². The van der Waals surface area contributed by atoms with Crippen LogP contribution in [0, 0.1) is 13.8 Å². The average molecular weight is 205 g/mol. The molecule has 0 aliphatic carbocycles. The minimum atomic E-state index is 0.350. The highest BCUT2D eigenvalue weighted by molar-refractivity contribution is 5.80. The molecular formula is C11H15N3O. The van der Waals surface area contributed by atoms with Gasteiger partial charge in [0, 0.05) is 25.9 Å². The molecule has 4 heteroatoms. The van der Waals surface area contributed by atoms with Crippen LogP contribution in [0.2, 0.25) is 0 Å². The highest BCUT2D eigenvalue weighted by atomic mass is 16.1. The molecule has 0 saturated carbocycles. The zero-order valence-corrected chi connectivity index (χ0v) is 9.16. The van der Waals surface area contributed by atoms with Crippen molar-refractivity contribution in [1.29, 1.82) is 0 Å². The van der Waals surface area contributed by atoms with Crippen molar-refractivity contribution in [2.75, 3.05) is 18.0 Å². The molecular weight excluding hydrogens is 190 g/mol. The molecule has 0 atom stereocenters. The van der Waals surface area contributed by atoms with E-state index in [9.17, 15) is 4.79 Å². The van der Waals surface area contributed by atoms with E-state index in [1.807, 2.05) is 13.8 Å². The van der Waals surface area contributed by atoms with Crippen LogP contribution >= 0.6 is 0 Å². The van der Waals surface area contributed by atoms with Gasteiger partial charge in [0.25, 0.3) is 0 Å². The van der Waals surface area contributed by atoms with Crippen molar-refractivity contribution in [3.8, 4) is 0 Å². The van der Waals surface area contributed by atoms with Crippen LogP contribution in [-0.2, 0) is 4.79 Å². The number of aryl methyl sites for hydroxylation is 2. The van der Waals surface area contributed by atoms with Gasteiger partial charge in [-0.1, -0.05) is 0 Å². The third kappa shape index (κ3) is 2.14. The topological polar surface area (TPSA) is 46.1 Å². The minimum absolute atomic E-state index is 0.350. The van der Waals surface area contributed by atoms with E-state index >= 15 is 0 Å². The monoisotopic (exact) mass is 205 g/mol. The number of hydrogen-bond donors (Lipinski definition) is 0. The van der Waals surface area contributed by atoms with E-state index in [-0.39, 0.29) is 0 Å². The predicted octanol–water partition coefficient (Wildman–Crippen LogP) is 1.26. The van der Waals surface area contributed by atoms with Gasteiger partial charge >= 0.3 is 0 Å². The number of nitrogens with zero attached hydrogens (tertiary/aromatic N) is 3. The maximum Gasteiger partial charge on any atom is 0.147 e. The fourth-order valence-electron chi connectivity index (χ4n) is 1.67. The van der Waals surface area contributed by atoms with Gasteiger partial charge in [-0.3, -0.25) is 9.78 Å². The van der Waals surface area contributed by atoms with Gasteiger partial charge in [0.1, 0.15) is 11.6 Å². The van der Waals surface area contributed by atoms with Crippen molar-refractivity contribution < 1.29 is 4.79 Å². The van der Waals surface area contributed by atoms with Gasteiger partial charge in [-0.05, 0) is 13.8 Å². The molecule has 2 rings (SSSR count). The Bertz CT molecular complexity index is 379. The largest absolute Gasteiger partial charge is 0.354 e.